The fourth-order valence-corrected chi connectivity index (χ4v) is 3.71. The molecule has 2 rings (SSSR count). The smallest absolute Gasteiger partial charge is 0.191 e. The molecule has 27 heavy (non-hydrogen) atoms. The van der Waals surface area contributed by atoms with Crippen LogP contribution in [0.25, 0.3) is 0 Å². The molecule has 1 aromatic carbocycles. The number of ether oxygens (including phenoxy) is 2. The standard InChI is InChI=1S/C20H33N3O2S.HI/c1-5-21-19(23-15-20(26-4)9-11-24-12-10-20)22-14-17(3)25-18-8-6-7-16(2)13-18;/h6-8,13,17H,5,9-12,14-15H2,1-4H3,(H2,21,22,23);1H. The van der Waals surface area contributed by atoms with Crippen LogP contribution in [-0.4, -0.2) is 55.9 Å². The highest BCUT2D eigenvalue weighted by Crippen LogP contribution is 2.33. The lowest BCUT2D eigenvalue weighted by atomic mass is 9.99. The monoisotopic (exact) mass is 507 g/mol. The summed E-state index contributed by atoms with van der Waals surface area (Å²) in [6.07, 6.45) is 4.35. The summed E-state index contributed by atoms with van der Waals surface area (Å²) in [7, 11) is 0. The van der Waals surface area contributed by atoms with Crippen molar-refractivity contribution in [2.75, 3.05) is 39.1 Å². The molecule has 0 aliphatic carbocycles. The van der Waals surface area contributed by atoms with E-state index in [2.05, 4.69) is 49.8 Å². The van der Waals surface area contributed by atoms with Crippen LogP contribution in [0.2, 0.25) is 0 Å². The number of thioether (sulfide) groups is 1. The van der Waals surface area contributed by atoms with E-state index in [1.807, 2.05) is 23.9 Å². The summed E-state index contributed by atoms with van der Waals surface area (Å²) >= 11 is 1.91. The highest BCUT2D eigenvalue weighted by atomic mass is 127. The maximum Gasteiger partial charge on any atom is 0.191 e. The van der Waals surface area contributed by atoms with Gasteiger partial charge in [0, 0.05) is 24.5 Å². The van der Waals surface area contributed by atoms with Gasteiger partial charge in [-0.2, -0.15) is 11.8 Å². The van der Waals surface area contributed by atoms with E-state index in [0.29, 0.717) is 6.54 Å². The van der Waals surface area contributed by atoms with Crippen LogP contribution >= 0.6 is 35.7 Å². The molecule has 1 aliphatic rings. The molecular weight excluding hydrogens is 473 g/mol. The maximum absolute atomic E-state index is 5.99. The Morgan fingerprint density at radius 2 is 2.07 bits per heavy atom. The lowest BCUT2D eigenvalue weighted by Gasteiger charge is -2.34. The van der Waals surface area contributed by atoms with E-state index in [9.17, 15) is 0 Å². The number of aryl methyl sites for hydroxylation is 1. The zero-order chi connectivity index (χ0) is 18.8. The molecule has 1 fully saturated rings. The summed E-state index contributed by atoms with van der Waals surface area (Å²) in [5.74, 6) is 1.76. The highest BCUT2D eigenvalue weighted by Gasteiger charge is 2.31. The van der Waals surface area contributed by atoms with Gasteiger partial charge in [-0.1, -0.05) is 12.1 Å². The Labute approximate surface area is 185 Å². The molecule has 0 saturated carbocycles. The van der Waals surface area contributed by atoms with Gasteiger partial charge in [-0.3, -0.25) is 4.99 Å². The second-order valence-electron chi connectivity index (χ2n) is 6.82. The molecule has 0 radical (unpaired) electrons. The van der Waals surface area contributed by atoms with Gasteiger partial charge in [0.15, 0.2) is 5.96 Å². The van der Waals surface area contributed by atoms with E-state index in [1.165, 1.54) is 5.56 Å². The quantitative estimate of drug-likeness (QED) is 0.318. The lowest BCUT2D eigenvalue weighted by Crippen LogP contribution is -2.43. The van der Waals surface area contributed by atoms with Crippen molar-refractivity contribution in [2.45, 2.75) is 44.5 Å². The van der Waals surface area contributed by atoms with Crippen LogP contribution < -0.4 is 15.4 Å². The molecular formula is C20H34IN3O2S. The van der Waals surface area contributed by atoms with E-state index < -0.39 is 0 Å². The molecule has 1 heterocycles. The number of nitrogens with zero attached hydrogens (tertiary/aromatic N) is 1. The minimum Gasteiger partial charge on any atom is -0.489 e. The summed E-state index contributed by atoms with van der Waals surface area (Å²) in [6, 6.07) is 8.15. The van der Waals surface area contributed by atoms with Gasteiger partial charge in [-0.15, -0.1) is 24.0 Å². The van der Waals surface area contributed by atoms with E-state index in [0.717, 1.165) is 50.9 Å². The first-order valence-electron chi connectivity index (χ1n) is 9.45. The number of guanidine groups is 1. The Morgan fingerprint density at radius 3 is 2.70 bits per heavy atom. The van der Waals surface area contributed by atoms with Crippen molar-refractivity contribution in [1.82, 2.24) is 10.6 Å². The molecule has 2 N–H and O–H groups in total. The van der Waals surface area contributed by atoms with E-state index in [1.54, 1.807) is 0 Å². The minimum atomic E-state index is 0. The van der Waals surface area contributed by atoms with Crippen LogP contribution in [0.4, 0.5) is 0 Å². The molecule has 0 bridgehead atoms. The van der Waals surface area contributed by atoms with E-state index in [-0.39, 0.29) is 34.8 Å². The van der Waals surface area contributed by atoms with Gasteiger partial charge < -0.3 is 20.1 Å². The van der Waals surface area contributed by atoms with Crippen molar-refractivity contribution >= 4 is 41.7 Å². The third-order valence-electron chi connectivity index (χ3n) is 4.59. The minimum absolute atomic E-state index is 0. The first kappa shape index (κ1) is 24.4. The average Bonchev–Trinajstić information content (AvgIpc) is 2.65. The molecule has 1 aliphatic heterocycles. The number of aliphatic imine (C=N–C) groups is 1. The zero-order valence-electron chi connectivity index (χ0n) is 16.9. The van der Waals surface area contributed by atoms with Gasteiger partial charge in [0.25, 0.3) is 0 Å². The van der Waals surface area contributed by atoms with Crippen LogP contribution in [0.15, 0.2) is 29.3 Å². The molecule has 1 unspecified atom stereocenters. The van der Waals surface area contributed by atoms with Gasteiger partial charge >= 0.3 is 0 Å². The predicted octanol–water partition coefficient (Wildman–Crippen LogP) is 3.85. The third kappa shape index (κ3) is 8.48. The number of rotatable bonds is 8. The molecule has 5 nitrogen and oxygen atoms in total. The molecule has 0 spiro atoms. The number of halogens is 1. The van der Waals surface area contributed by atoms with Gasteiger partial charge in [0.05, 0.1) is 13.1 Å². The van der Waals surface area contributed by atoms with E-state index in [4.69, 9.17) is 14.5 Å². The van der Waals surface area contributed by atoms with Crippen LogP contribution in [0.1, 0.15) is 32.3 Å². The number of nitrogens with one attached hydrogen (secondary N) is 2. The van der Waals surface area contributed by atoms with E-state index >= 15 is 0 Å². The van der Waals surface area contributed by atoms with Crippen molar-refractivity contribution < 1.29 is 9.47 Å². The van der Waals surface area contributed by atoms with Gasteiger partial charge in [-0.05, 0) is 57.6 Å². The largest absolute Gasteiger partial charge is 0.489 e. The van der Waals surface area contributed by atoms with Crippen molar-refractivity contribution in [2.24, 2.45) is 4.99 Å². The zero-order valence-corrected chi connectivity index (χ0v) is 20.1. The Morgan fingerprint density at radius 1 is 1.33 bits per heavy atom. The molecule has 0 aromatic heterocycles. The fraction of sp³-hybridized carbons (Fsp3) is 0.650. The lowest BCUT2D eigenvalue weighted by molar-refractivity contribution is 0.0794. The van der Waals surface area contributed by atoms with Crippen molar-refractivity contribution in [3.05, 3.63) is 29.8 Å². The molecule has 1 atom stereocenters. The maximum atomic E-state index is 5.99. The predicted molar refractivity (Wildman–Crippen MR) is 127 cm³/mol. The van der Waals surface area contributed by atoms with Crippen LogP contribution in [0.5, 0.6) is 5.75 Å². The summed E-state index contributed by atoms with van der Waals surface area (Å²) < 4.78 is 11.7. The Bertz CT molecular complexity index is 580. The summed E-state index contributed by atoms with van der Waals surface area (Å²) in [4.78, 5) is 4.84. The second-order valence-corrected chi connectivity index (χ2v) is 8.09. The molecule has 1 saturated heterocycles. The van der Waals surface area contributed by atoms with Crippen molar-refractivity contribution in [3.63, 3.8) is 0 Å². The third-order valence-corrected chi connectivity index (χ3v) is 5.99. The Hall–Kier alpha value is -0.670. The molecule has 7 heteroatoms. The second kappa shape index (κ2) is 12.7. The number of hydrogen-bond donors (Lipinski definition) is 2. The van der Waals surface area contributed by atoms with Crippen molar-refractivity contribution in [1.29, 1.82) is 0 Å². The molecule has 1 aromatic rings. The molecule has 0 amide bonds. The summed E-state index contributed by atoms with van der Waals surface area (Å²) in [5.41, 5.74) is 1.20. The summed E-state index contributed by atoms with van der Waals surface area (Å²) in [6.45, 7) is 10.2. The average molecular weight is 507 g/mol. The normalized spacial score (nSPS) is 17.6. The highest BCUT2D eigenvalue weighted by molar-refractivity contribution is 14.0. The van der Waals surface area contributed by atoms with Gasteiger partial charge in [-0.25, -0.2) is 0 Å². The Kier molecular flexibility index (Phi) is 11.5. The first-order chi connectivity index (χ1) is 12.6. The number of hydrogen-bond acceptors (Lipinski definition) is 4. The molecule has 154 valence electrons. The van der Waals surface area contributed by atoms with Crippen LogP contribution in [-0.2, 0) is 4.74 Å². The first-order valence-corrected chi connectivity index (χ1v) is 10.7. The van der Waals surface area contributed by atoms with Gasteiger partial charge in [0.1, 0.15) is 11.9 Å². The number of benzene rings is 1. The topological polar surface area (TPSA) is 54.9 Å². The SMILES string of the molecule is CCNC(=NCC1(SC)CCOCC1)NCC(C)Oc1cccc(C)c1.I. The Balaban J connectivity index is 0.00000364. The van der Waals surface area contributed by atoms with Crippen molar-refractivity contribution in [3.8, 4) is 5.75 Å². The van der Waals surface area contributed by atoms with Crippen LogP contribution in [0, 0.1) is 6.92 Å². The summed E-state index contributed by atoms with van der Waals surface area (Å²) in [5, 5.41) is 6.74. The van der Waals surface area contributed by atoms with Crippen LogP contribution in [0.3, 0.4) is 0 Å². The van der Waals surface area contributed by atoms with Gasteiger partial charge in [0.2, 0.25) is 0 Å². The fourth-order valence-electron chi connectivity index (χ4n) is 2.94.